The van der Waals surface area contributed by atoms with Crippen LogP contribution in [0.5, 0.6) is 0 Å². The molecule has 0 radical (unpaired) electrons. The molecule has 1 rings (SSSR count). The summed E-state index contributed by atoms with van der Waals surface area (Å²) in [6, 6.07) is 7.25. The summed E-state index contributed by atoms with van der Waals surface area (Å²) in [5, 5.41) is 0. The molecule has 20 heavy (non-hydrogen) atoms. The van der Waals surface area contributed by atoms with E-state index in [9.17, 15) is 9.59 Å². The Morgan fingerprint density at radius 3 is 2.55 bits per heavy atom. The van der Waals surface area contributed by atoms with Crippen molar-refractivity contribution in [3.8, 4) is 0 Å². The normalized spacial score (nSPS) is 10.1. The number of ether oxygens (including phenoxy) is 1. The van der Waals surface area contributed by atoms with Crippen molar-refractivity contribution < 1.29 is 14.3 Å². The van der Waals surface area contributed by atoms with E-state index in [4.69, 9.17) is 10.5 Å². The maximum atomic E-state index is 12.3. The lowest BCUT2D eigenvalue weighted by Crippen LogP contribution is -2.38. The van der Waals surface area contributed by atoms with Crippen molar-refractivity contribution in [1.82, 2.24) is 4.90 Å². The highest BCUT2D eigenvalue weighted by atomic mass is 16.5. The van der Waals surface area contributed by atoms with Crippen LogP contribution in [0.3, 0.4) is 0 Å². The number of nitrogens with zero attached hydrogens (tertiary/aromatic N) is 1. The predicted octanol–water partition coefficient (Wildman–Crippen LogP) is 1.61. The van der Waals surface area contributed by atoms with Gasteiger partial charge in [-0.1, -0.05) is 25.1 Å². The molecule has 0 aliphatic heterocycles. The minimum atomic E-state index is -0.379. The zero-order valence-corrected chi connectivity index (χ0v) is 12.1. The van der Waals surface area contributed by atoms with E-state index in [-0.39, 0.29) is 24.8 Å². The quantitative estimate of drug-likeness (QED) is 0.607. The standard InChI is InChI=1S/C15H22N2O3/c1-3-9-17(11-15(19)20-4-2)14(18)10-12-7-5-6-8-13(12)16/h5-8H,3-4,9-11,16H2,1-2H3. The summed E-state index contributed by atoms with van der Waals surface area (Å²) >= 11 is 0. The Bertz CT molecular complexity index is 460. The number of rotatable bonds is 7. The molecule has 0 bridgehead atoms. The van der Waals surface area contributed by atoms with Crippen LogP contribution in [0.2, 0.25) is 0 Å². The highest BCUT2D eigenvalue weighted by molar-refractivity contribution is 5.84. The van der Waals surface area contributed by atoms with Gasteiger partial charge in [0.2, 0.25) is 5.91 Å². The predicted molar refractivity (Wildman–Crippen MR) is 78.1 cm³/mol. The molecule has 5 heteroatoms. The Kier molecular flexibility index (Phi) is 6.56. The third kappa shape index (κ3) is 4.91. The summed E-state index contributed by atoms with van der Waals surface area (Å²) in [7, 11) is 0. The van der Waals surface area contributed by atoms with Crippen LogP contribution in [0.4, 0.5) is 5.69 Å². The van der Waals surface area contributed by atoms with E-state index >= 15 is 0 Å². The van der Waals surface area contributed by atoms with E-state index in [1.165, 1.54) is 4.90 Å². The molecule has 0 fully saturated rings. The molecule has 0 aromatic heterocycles. The number of anilines is 1. The van der Waals surface area contributed by atoms with E-state index in [0.29, 0.717) is 18.8 Å². The van der Waals surface area contributed by atoms with Crippen molar-refractivity contribution in [2.45, 2.75) is 26.7 Å². The van der Waals surface area contributed by atoms with E-state index in [1.807, 2.05) is 25.1 Å². The minimum absolute atomic E-state index is 0.00669. The Labute approximate surface area is 119 Å². The SMILES string of the molecule is CCCN(CC(=O)OCC)C(=O)Cc1ccccc1N. The Morgan fingerprint density at radius 1 is 1.25 bits per heavy atom. The first-order valence-electron chi connectivity index (χ1n) is 6.85. The molecule has 0 saturated heterocycles. The van der Waals surface area contributed by atoms with Crippen molar-refractivity contribution in [2.75, 3.05) is 25.4 Å². The van der Waals surface area contributed by atoms with Gasteiger partial charge in [0.15, 0.2) is 0 Å². The lowest BCUT2D eigenvalue weighted by molar-refractivity contribution is -0.148. The number of carbonyl (C=O) groups is 2. The van der Waals surface area contributed by atoms with E-state index < -0.39 is 0 Å². The molecule has 0 unspecified atom stereocenters. The van der Waals surface area contributed by atoms with Gasteiger partial charge in [-0.15, -0.1) is 0 Å². The summed E-state index contributed by atoms with van der Waals surface area (Å²) in [6.07, 6.45) is 0.988. The smallest absolute Gasteiger partial charge is 0.325 e. The van der Waals surface area contributed by atoms with Crippen molar-refractivity contribution in [2.24, 2.45) is 0 Å². The van der Waals surface area contributed by atoms with Crippen LogP contribution in [0.25, 0.3) is 0 Å². The van der Waals surface area contributed by atoms with Crippen molar-refractivity contribution in [3.63, 3.8) is 0 Å². The highest BCUT2D eigenvalue weighted by Gasteiger charge is 2.18. The van der Waals surface area contributed by atoms with Gasteiger partial charge in [-0.25, -0.2) is 0 Å². The van der Waals surface area contributed by atoms with Crippen LogP contribution in [0, 0.1) is 0 Å². The van der Waals surface area contributed by atoms with E-state index in [0.717, 1.165) is 12.0 Å². The summed E-state index contributed by atoms with van der Waals surface area (Å²) in [5.74, 6) is -0.492. The van der Waals surface area contributed by atoms with Gasteiger partial charge >= 0.3 is 5.97 Å². The lowest BCUT2D eigenvalue weighted by atomic mass is 10.1. The Hall–Kier alpha value is -2.04. The van der Waals surface area contributed by atoms with Crippen molar-refractivity contribution in [3.05, 3.63) is 29.8 Å². The van der Waals surface area contributed by atoms with Gasteiger partial charge in [0.25, 0.3) is 0 Å². The topological polar surface area (TPSA) is 72.6 Å². The maximum Gasteiger partial charge on any atom is 0.325 e. The molecule has 5 nitrogen and oxygen atoms in total. The molecule has 0 saturated carbocycles. The number of hydrogen-bond acceptors (Lipinski definition) is 4. The van der Waals surface area contributed by atoms with Gasteiger partial charge in [-0.2, -0.15) is 0 Å². The molecule has 0 aliphatic carbocycles. The number of nitrogens with two attached hydrogens (primary N) is 1. The number of esters is 1. The van der Waals surface area contributed by atoms with E-state index in [1.54, 1.807) is 13.0 Å². The molecule has 0 atom stereocenters. The fraction of sp³-hybridized carbons (Fsp3) is 0.467. The second-order valence-electron chi connectivity index (χ2n) is 4.50. The molecule has 0 spiro atoms. The molecule has 2 N–H and O–H groups in total. The third-order valence-corrected chi connectivity index (χ3v) is 2.87. The monoisotopic (exact) mass is 278 g/mol. The Morgan fingerprint density at radius 2 is 1.95 bits per heavy atom. The summed E-state index contributed by atoms with van der Waals surface area (Å²) in [5.41, 5.74) is 7.20. The number of hydrogen-bond donors (Lipinski definition) is 1. The highest BCUT2D eigenvalue weighted by Crippen LogP contribution is 2.12. The summed E-state index contributed by atoms with van der Waals surface area (Å²) < 4.78 is 4.89. The van der Waals surface area contributed by atoms with Gasteiger partial charge < -0.3 is 15.4 Å². The van der Waals surface area contributed by atoms with Crippen molar-refractivity contribution in [1.29, 1.82) is 0 Å². The third-order valence-electron chi connectivity index (χ3n) is 2.87. The Balaban J connectivity index is 2.69. The van der Waals surface area contributed by atoms with Crippen LogP contribution in [0.15, 0.2) is 24.3 Å². The fourth-order valence-electron chi connectivity index (χ4n) is 1.89. The van der Waals surface area contributed by atoms with Gasteiger partial charge in [-0.05, 0) is 25.0 Å². The number of nitrogen functional groups attached to an aromatic ring is 1. The van der Waals surface area contributed by atoms with Gasteiger partial charge in [-0.3, -0.25) is 9.59 Å². The molecule has 0 heterocycles. The first-order valence-corrected chi connectivity index (χ1v) is 6.85. The number of benzene rings is 1. The average Bonchev–Trinajstić information content (AvgIpc) is 2.41. The first kappa shape index (κ1) is 16.0. The minimum Gasteiger partial charge on any atom is -0.465 e. The molecule has 1 aromatic rings. The largest absolute Gasteiger partial charge is 0.465 e. The second kappa shape index (κ2) is 8.19. The van der Waals surface area contributed by atoms with Gasteiger partial charge in [0, 0.05) is 12.2 Å². The fourth-order valence-corrected chi connectivity index (χ4v) is 1.89. The van der Waals surface area contributed by atoms with Crippen LogP contribution in [-0.2, 0) is 20.7 Å². The van der Waals surface area contributed by atoms with Crippen LogP contribution in [-0.4, -0.2) is 36.5 Å². The van der Waals surface area contributed by atoms with Crippen LogP contribution >= 0.6 is 0 Å². The summed E-state index contributed by atoms with van der Waals surface area (Å²) in [6.45, 7) is 4.55. The number of amides is 1. The average molecular weight is 278 g/mol. The number of para-hydroxylation sites is 1. The summed E-state index contributed by atoms with van der Waals surface area (Å²) in [4.78, 5) is 25.3. The van der Waals surface area contributed by atoms with Crippen LogP contribution < -0.4 is 5.73 Å². The van der Waals surface area contributed by atoms with Gasteiger partial charge in [0.05, 0.1) is 13.0 Å². The molecule has 1 aromatic carbocycles. The van der Waals surface area contributed by atoms with Gasteiger partial charge in [0.1, 0.15) is 6.54 Å². The second-order valence-corrected chi connectivity index (χ2v) is 4.50. The maximum absolute atomic E-state index is 12.3. The molecule has 0 aliphatic rings. The molecule has 1 amide bonds. The van der Waals surface area contributed by atoms with E-state index in [2.05, 4.69) is 0 Å². The first-order chi connectivity index (χ1) is 9.58. The zero-order valence-electron chi connectivity index (χ0n) is 12.1. The molecular formula is C15H22N2O3. The van der Waals surface area contributed by atoms with Crippen molar-refractivity contribution >= 4 is 17.6 Å². The van der Waals surface area contributed by atoms with Crippen LogP contribution in [0.1, 0.15) is 25.8 Å². The molecular weight excluding hydrogens is 256 g/mol. The number of carbonyl (C=O) groups excluding carboxylic acids is 2. The molecule has 110 valence electrons. The lowest BCUT2D eigenvalue weighted by Gasteiger charge is -2.21. The zero-order chi connectivity index (χ0) is 15.0.